The van der Waals surface area contributed by atoms with Crippen molar-refractivity contribution >= 4 is 9.84 Å². The van der Waals surface area contributed by atoms with Gasteiger partial charge in [-0.25, -0.2) is 18.4 Å². The lowest BCUT2D eigenvalue weighted by molar-refractivity contribution is 0.596. The Morgan fingerprint density at radius 2 is 0.706 bits per heavy atom. The van der Waals surface area contributed by atoms with E-state index in [0.717, 1.165) is 61.5 Å². The van der Waals surface area contributed by atoms with Gasteiger partial charge in [-0.15, -0.1) is 0 Å². The lowest BCUT2D eigenvalue weighted by Gasteiger charge is -2.18. The summed E-state index contributed by atoms with van der Waals surface area (Å²) in [5.41, 5.74) is 11.2. The SMILES string of the molecule is O=S1(=O)c2ccccc2-c2ccccc2-c2ccccc2-c2ccc(-c3cc(-c4ccccc4)nc(-c4ccccc4)n3)cc2-c2ccccc21. The Kier molecular flexibility index (Phi) is 7.49. The molecule has 0 saturated carbocycles. The van der Waals surface area contributed by atoms with Gasteiger partial charge in [-0.1, -0.05) is 158 Å². The highest BCUT2D eigenvalue weighted by molar-refractivity contribution is 7.91. The highest BCUT2D eigenvalue weighted by Gasteiger charge is 2.29. The Hall–Kier alpha value is -6.43. The van der Waals surface area contributed by atoms with Crippen LogP contribution in [0.25, 0.3) is 78.4 Å². The monoisotopic (exact) mass is 674 g/mol. The summed E-state index contributed by atoms with van der Waals surface area (Å²) in [6.07, 6.45) is 0. The molecule has 0 bridgehead atoms. The lowest BCUT2D eigenvalue weighted by Crippen LogP contribution is -2.06. The van der Waals surface area contributed by atoms with Crippen molar-refractivity contribution in [2.24, 2.45) is 0 Å². The van der Waals surface area contributed by atoms with Gasteiger partial charge in [-0.2, -0.15) is 0 Å². The minimum atomic E-state index is -3.98. The van der Waals surface area contributed by atoms with Crippen LogP contribution in [0.5, 0.6) is 0 Å². The maximum Gasteiger partial charge on any atom is 0.207 e. The standard InChI is InChI=1S/C46H30N2O2S/c49-51(50)44-25-13-11-23-39(44)37-22-10-9-20-35(37)34-19-7-8-21-36(34)38-28-27-33(29-41(38)40-24-12-14-26-45(40)51)43-30-42(31-15-3-1-4-16-31)47-46(48-43)32-17-5-2-6-18-32/h1-30H. The van der Waals surface area contributed by atoms with Crippen molar-refractivity contribution in [1.82, 2.24) is 9.97 Å². The van der Waals surface area contributed by atoms with Gasteiger partial charge in [-0.3, -0.25) is 0 Å². The maximum absolute atomic E-state index is 14.9. The molecule has 0 amide bonds. The molecule has 9 rings (SSSR count). The van der Waals surface area contributed by atoms with Crippen LogP contribution in [0.3, 0.4) is 0 Å². The average Bonchev–Trinajstić information content (AvgIpc) is 3.21. The fourth-order valence-corrected chi connectivity index (χ4v) is 8.79. The topological polar surface area (TPSA) is 59.9 Å². The van der Waals surface area contributed by atoms with E-state index < -0.39 is 9.84 Å². The van der Waals surface area contributed by atoms with Crippen molar-refractivity contribution in [2.75, 3.05) is 0 Å². The highest BCUT2D eigenvalue weighted by atomic mass is 32.2. The summed E-state index contributed by atoms with van der Waals surface area (Å²) in [5.74, 6) is 0.616. The third-order valence-corrected chi connectivity index (χ3v) is 11.4. The molecule has 0 aliphatic carbocycles. The van der Waals surface area contributed by atoms with E-state index in [2.05, 4.69) is 36.4 Å². The number of nitrogens with zero attached hydrogens (tertiary/aromatic N) is 2. The Morgan fingerprint density at radius 3 is 1.25 bits per heavy atom. The van der Waals surface area contributed by atoms with Crippen molar-refractivity contribution in [3.63, 3.8) is 0 Å². The van der Waals surface area contributed by atoms with Crippen molar-refractivity contribution in [3.05, 3.63) is 182 Å². The van der Waals surface area contributed by atoms with Crippen LogP contribution in [0.4, 0.5) is 0 Å². The van der Waals surface area contributed by atoms with Gasteiger partial charge in [0.2, 0.25) is 9.84 Å². The van der Waals surface area contributed by atoms with E-state index >= 15 is 0 Å². The molecular weight excluding hydrogens is 645 g/mol. The molecule has 242 valence electrons. The molecule has 0 saturated heterocycles. The largest absolute Gasteiger partial charge is 0.228 e. The van der Waals surface area contributed by atoms with Crippen molar-refractivity contribution < 1.29 is 8.42 Å². The number of benzene rings is 7. The molecule has 1 aliphatic heterocycles. The number of sulfone groups is 1. The van der Waals surface area contributed by atoms with Crippen LogP contribution < -0.4 is 0 Å². The van der Waals surface area contributed by atoms with E-state index in [0.29, 0.717) is 17.0 Å². The molecule has 5 heteroatoms. The fourth-order valence-electron chi connectivity index (χ4n) is 7.10. The van der Waals surface area contributed by atoms with E-state index in [1.807, 2.05) is 121 Å². The Labute approximate surface area is 297 Å². The minimum absolute atomic E-state index is 0.255. The second kappa shape index (κ2) is 12.5. The van der Waals surface area contributed by atoms with Crippen LogP contribution >= 0.6 is 0 Å². The van der Waals surface area contributed by atoms with Gasteiger partial charge in [-0.05, 0) is 57.6 Å². The summed E-state index contributed by atoms with van der Waals surface area (Å²) in [6.45, 7) is 0. The van der Waals surface area contributed by atoms with E-state index in [1.165, 1.54) is 0 Å². The number of aromatic nitrogens is 2. The molecule has 51 heavy (non-hydrogen) atoms. The fraction of sp³-hybridized carbons (Fsp3) is 0. The molecular formula is C46H30N2O2S. The number of hydrogen-bond acceptors (Lipinski definition) is 4. The van der Waals surface area contributed by atoms with Crippen molar-refractivity contribution in [2.45, 2.75) is 9.79 Å². The Bertz CT molecular complexity index is 2650. The van der Waals surface area contributed by atoms with Gasteiger partial charge in [0, 0.05) is 27.8 Å². The molecule has 0 fully saturated rings. The van der Waals surface area contributed by atoms with E-state index in [9.17, 15) is 8.42 Å². The van der Waals surface area contributed by atoms with Gasteiger partial charge < -0.3 is 0 Å². The first-order chi connectivity index (χ1) is 25.1. The molecule has 8 aromatic rings. The zero-order valence-electron chi connectivity index (χ0n) is 27.4. The van der Waals surface area contributed by atoms with Gasteiger partial charge in [0.05, 0.1) is 21.2 Å². The van der Waals surface area contributed by atoms with Crippen LogP contribution in [0, 0.1) is 0 Å². The number of rotatable bonds is 3. The second-order valence-corrected chi connectivity index (χ2v) is 14.4. The predicted octanol–water partition coefficient (Wildman–Crippen LogP) is 11.3. The third-order valence-electron chi connectivity index (χ3n) is 9.51. The minimum Gasteiger partial charge on any atom is -0.228 e. The molecule has 0 spiro atoms. The molecule has 0 unspecified atom stereocenters. The van der Waals surface area contributed by atoms with Gasteiger partial charge in [0.1, 0.15) is 0 Å². The Morgan fingerprint density at radius 1 is 0.314 bits per heavy atom. The zero-order chi connectivity index (χ0) is 34.4. The van der Waals surface area contributed by atoms with Gasteiger partial charge >= 0.3 is 0 Å². The number of hydrogen-bond donors (Lipinski definition) is 0. The molecule has 4 nitrogen and oxygen atoms in total. The van der Waals surface area contributed by atoms with Crippen molar-refractivity contribution in [1.29, 1.82) is 0 Å². The normalized spacial score (nSPS) is 12.6. The first-order valence-electron chi connectivity index (χ1n) is 16.8. The summed E-state index contributed by atoms with van der Waals surface area (Å²) in [4.78, 5) is 10.6. The second-order valence-electron chi connectivity index (χ2n) is 12.5. The molecule has 0 radical (unpaired) electrons. The third kappa shape index (κ3) is 5.36. The molecule has 2 heterocycles. The first-order valence-corrected chi connectivity index (χ1v) is 18.3. The zero-order valence-corrected chi connectivity index (χ0v) is 28.3. The van der Waals surface area contributed by atoms with Crippen molar-refractivity contribution in [3.8, 4) is 78.4 Å². The molecule has 7 aromatic carbocycles. The Balaban J connectivity index is 1.36. The van der Waals surface area contributed by atoms with Crippen LogP contribution in [-0.2, 0) is 9.84 Å². The number of fused-ring (bicyclic) bond motifs is 9. The van der Waals surface area contributed by atoms with Crippen LogP contribution in [-0.4, -0.2) is 18.4 Å². The quantitative estimate of drug-likeness (QED) is 0.187. The van der Waals surface area contributed by atoms with Crippen LogP contribution in [0.15, 0.2) is 192 Å². The molecule has 0 N–H and O–H groups in total. The van der Waals surface area contributed by atoms with Crippen LogP contribution in [0.2, 0.25) is 0 Å². The van der Waals surface area contributed by atoms with Gasteiger partial charge in [0.25, 0.3) is 0 Å². The maximum atomic E-state index is 14.9. The predicted molar refractivity (Wildman–Crippen MR) is 206 cm³/mol. The summed E-state index contributed by atoms with van der Waals surface area (Å²) < 4.78 is 29.8. The molecule has 0 atom stereocenters. The molecule has 1 aromatic heterocycles. The summed E-state index contributed by atoms with van der Waals surface area (Å²) in [5, 5.41) is 0. The van der Waals surface area contributed by atoms with Gasteiger partial charge in [0.15, 0.2) is 5.82 Å². The average molecular weight is 675 g/mol. The summed E-state index contributed by atoms with van der Waals surface area (Å²) in [6, 6.07) is 59.4. The van der Waals surface area contributed by atoms with E-state index in [1.54, 1.807) is 24.3 Å². The van der Waals surface area contributed by atoms with E-state index in [4.69, 9.17) is 9.97 Å². The highest BCUT2D eigenvalue weighted by Crippen LogP contribution is 2.47. The van der Waals surface area contributed by atoms with E-state index in [-0.39, 0.29) is 9.79 Å². The molecule has 1 aliphatic rings. The first kappa shape index (κ1) is 30.6. The smallest absolute Gasteiger partial charge is 0.207 e. The lowest BCUT2D eigenvalue weighted by atomic mass is 9.86. The van der Waals surface area contributed by atoms with Crippen LogP contribution in [0.1, 0.15) is 0 Å². The summed E-state index contributed by atoms with van der Waals surface area (Å²) >= 11 is 0. The summed E-state index contributed by atoms with van der Waals surface area (Å²) in [7, 11) is -3.98.